The second-order valence-corrected chi connectivity index (χ2v) is 17.7. The van der Waals surface area contributed by atoms with E-state index in [1.54, 1.807) is 4.68 Å². The number of aliphatic hydroxyl groups excluding tert-OH is 1. The number of amides is 2. The number of hydrogen-bond acceptors (Lipinski definition) is 9. The molecule has 244 valence electrons. The fourth-order valence-electron chi connectivity index (χ4n) is 8.43. The van der Waals surface area contributed by atoms with Gasteiger partial charge in [-0.3, -0.25) is 19.2 Å². The van der Waals surface area contributed by atoms with Gasteiger partial charge in [-0.05, 0) is 75.8 Å². The Bertz CT molecular complexity index is 1620. The molecule has 3 aromatic rings. The second-order valence-electron chi connectivity index (χ2n) is 13.7. The molecule has 46 heavy (non-hydrogen) atoms. The van der Waals surface area contributed by atoms with Crippen molar-refractivity contribution in [3.8, 4) is 0 Å². The number of aryl methyl sites for hydroxylation is 1. The Kier molecular flexibility index (Phi) is 7.79. The maximum Gasteiger partial charge on any atom is 0.261 e. The molecular formula is C33H43N7O5Si. The van der Waals surface area contributed by atoms with Gasteiger partial charge in [-0.15, -0.1) is 5.10 Å². The van der Waals surface area contributed by atoms with Crippen LogP contribution in [0.5, 0.6) is 0 Å². The highest BCUT2D eigenvalue weighted by atomic mass is 28.4. The van der Waals surface area contributed by atoms with E-state index in [0.717, 1.165) is 24.5 Å². The van der Waals surface area contributed by atoms with Crippen molar-refractivity contribution in [1.29, 1.82) is 0 Å². The highest BCUT2D eigenvalue weighted by molar-refractivity contribution is 6.71. The van der Waals surface area contributed by atoms with Crippen molar-refractivity contribution in [1.82, 2.24) is 20.3 Å². The fourth-order valence-corrected chi connectivity index (χ4v) is 11.0. The predicted molar refractivity (Wildman–Crippen MR) is 176 cm³/mol. The van der Waals surface area contributed by atoms with Crippen molar-refractivity contribution in [2.24, 2.45) is 5.92 Å². The molecule has 4 N–H and O–H groups in total. The van der Waals surface area contributed by atoms with Crippen LogP contribution in [-0.2, 0) is 32.9 Å². The summed E-state index contributed by atoms with van der Waals surface area (Å²) in [5.74, 6) is -0.484. The minimum absolute atomic E-state index is 0.00114. The lowest BCUT2D eigenvalue weighted by Gasteiger charge is -2.39. The number of carbonyl (C=O) groups excluding carboxylic acids is 2. The summed E-state index contributed by atoms with van der Waals surface area (Å²) in [5, 5.41) is 24.0. The summed E-state index contributed by atoms with van der Waals surface area (Å²) < 4.78 is 8.58. The molecule has 4 aliphatic rings. The third-order valence-electron chi connectivity index (χ3n) is 10.6. The number of nitrogens with zero attached hydrogens (tertiary/aromatic N) is 5. The standard InChI is InChI=1S/C33H43N7O5Si/c1-22-29(46(2,3)44)28(11-17-38-20-23(12-18-41)36-37-38)45-33(22)26-19-25(9-10-27(26)35-30(33)42)39-21-40(24-7-5-4-6-8-24)32(31(39)43)13-15-34-16-14-32/h4-10,19-20,22,28-29,34,41,44H,11-18,21H2,1-3H3,(H,35,42)/t22-,28+,29-,33+/m1/s1. The van der Waals surface area contributed by atoms with Gasteiger partial charge in [-0.1, -0.05) is 30.3 Å². The van der Waals surface area contributed by atoms with Gasteiger partial charge in [0.1, 0.15) is 5.54 Å². The first-order valence-electron chi connectivity index (χ1n) is 16.3. The number of fused-ring (bicyclic) bond motifs is 2. The van der Waals surface area contributed by atoms with Gasteiger partial charge < -0.3 is 30.2 Å². The largest absolute Gasteiger partial charge is 0.432 e. The van der Waals surface area contributed by atoms with Crippen LogP contribution in [0.1, 0.15) is 37.4 Å². The molecule has 2 spiro atoms. The highest BCUT2D eigenvalue weighted by Gasteiger charge is 2.64. The number of aromatic nitrogens is 3. The topological polar surface area (TPSA) is 145 Å². The number of piperidine rings is 1. The van der Waals surface area contributed by atoms with Crippen LogP contribution in [0.3, 0.4) is 0 Å². The Labute approximate surface area is 269 Å². The van der Waals surface area contributed by atoms with E-state index in [0.29, 0.717) is 55.8 Å². The lowest BCUT2D eigenvalue weighted by molar-refractivity contribution is -0.143. The minimum atomic E-state index is -2.82. The average molecular weight is 646 g/mol. The molecule has 3 fully saturated rings. The molecule has 3 saturated heterocycles. The Hall–Kier alpha value is -3.62. The van der Waals surface area contributed by atoms with Crippen LogP contribution in [0.25, 0.3) is 0 Å². The zero-order chi connectivity index (χ0) is 32.3. The maximum absolute atomic E-state index is 14.4. The summed E-state index contributed by atoms with van der Waals surface area (Å²) in [7, 11) is -2.82. The van der Waals surface area contributed by atoms with Gasteiger partial charge in [-0.25, -0.2) is 0 Å². The summed E-state index contributed by atoms with van der Waals surface area (Å²) in [6, 6.07) is 15.8. The highest BCUT2D eigenvalue weighted by Crippen LogP contribution is 2.59. The third kappa shape index (κ3) is 4.87. The van der Waals surface area contributed by atoms with Gasteiger partial charge in [0.2, 0.25) is 0 Å². The number of benzene rings is 2. The lowest BCUT2D eigenvalue weighted by Crippen LogP contribution is -2.55. The number of carbonyl (C=O) groups is 2. The fraction of sp³-hybridized carbons (Fsp3) is 0.515. The molecule has 4 atom stereocenters. The molecule has 0 aliphatic carbocycles. The number of hydrogen-bond donors (Lipinski definition) is 4. The molecule has 0 unspecified atom stereocenters. The first kappa shape index (κ1) is 31.0. The molecule has 4 aliphatic heterocycles. The van der Waals surface area contributed by atoms with Crippen LogP contribution < -0.4 is 20.4 Å². The lowest BCUT2D eigenvalue weighted by atomic mass is 9.82. The summed E-state index contributed by atoms with van der Waals surface area (Å²) >= 11 is 0. The number of aliphatic hydroxyl groups is 1. The molecule has 0 bridgehead atoms. The van der Waals surface area contributed by atoms with E-state index < -0.39 is 25.6 Å². The monoisotopic (exact) mass is 645 g/mol. The van der Waals surface area contributed by atoms with Crippen LogP contribution in [-0.4, -0.2) is 83.0 Å². The van der Waals surface area contributed by atoms with Gasteiger partial charge in [-0.2, -0.15) is 0 Å². The summed E-state index contributed by atoms with van der Waals surface area (Å²) in [6.45, 7) is 8.25. The molecule has 0 radical (unpaired) electrons. The first-order chi connectivity index (χ1) is 22.1. The average Bonchev–Trinajstić information content (AvgIpc) is 3.76. The van der Waals surface area contributed by atoms with Crippen molar-refractivity contribution in [2.75, 3.05) is 41.5 Å². The molecule has 2 aromatic carbocycles. The van der Waals surface area contributed by atoms with E-state index in [1.165, 1.54) is 0 Å². The smallest absolute Gasteiger partial charge is 0.261 e. The third-order valence-corrected chi connectivity index (χ3v) is 13.1. The number of rotatable bonds is 8. The van der Waals surface area contributed by atoms with Gasteiger partial charge in [0, 0.05) is 59.9 Å². The van der Waals surface area contributed by atoms with Gasteiger partial charge in [0.05, 0.1) is 18.5 Å². The van der Waals surface area contributed by atoms with Crippen LogP contribution >= 0.6 is 0 Å². The van der Waals surface area contributed by atoms with Gasteiger partial charge in [0.25, 0.3) is 11.8 Å². The van der Waals surface area contributed by atoms with E-state index >= 15 is 0 Å². The predicted octanol–water partition coefficient (Wildman–Crippen LogP) is 2.59. The second kappa shape index (κ2) is 11.6. The molecule has 0 saturated carbocycles. The number of ether oxygens (including phenoxy) is 1. The van der Waals surface area contributed by atoms with E-state index in [1.807, 2.05) is 67.5 Å². The molecule has 2 amide bonds. The van der Waals surface area contributed by atoms with Crippen LogP contribution in [0.15, 0.2) is 54.7 Å². The van der Waals surface area contributed by atoms with Crippen molar-refractivity contribution in [3.63, 3.8) is 0 Å². The molecular weight excluding hydrogens is 602 g/mol. The van der Waals surface area contributed by atoms with Crippen LogP contribution in [0, 0.1) is 5.92 Å². The molecule has 13 heteroatoms. The zero-order valence-electron chi connectivity index (χ0n) is 26.6. The minimum Gasteiger partial charge on any atom is -0.432 e. The summed E-state index contributed by atoms with van der Waals surface area (Å²) in [5.41, 5.74) is 1.66. The van der Waals surface area contributed by atoms with E-state index in [2.05, 4.69) is 38.0 Å². The Morgan fingerprint density at radius 1 is 1.09 bits per heavy atom. The molecule has 12 nitrogen and oxygen atoms in total. The normalized spacial score (nSPS) is 27.2. The first-order valence-corrected chi connectivity index (χ1v) is 19.3. The van der Waals surface area contributed by atoms with E-state index in [9.17, 15) is 19.5 Å². The quantitative estimate of drug-likeness (QED) is 0.272. The maximum atomic E-state index is 14.4. The summed E-state index contributed by atoms with van der Waals surface area (Å²) in [4.78, 5) is 44.0. The van der Waals surface area contributed by atoms with Crippen molar-refractivity contribution in [2.45, 2.75) is 75.0 Å². The van der Waals surface area contributed by atoms with E-state index in [-0.39, 0.29) is 29.9 Å². The van der Waals surface area contributed by atoms with Gasteiger partial charge in [0.15, 0.2) is 13.9 Å². The molecule has 5 heterocycles. The van der Waals surface area contributed by atoms with E-state index in [4.69, 9.17) is 4.74 Å². The SMILES string of the molecule is C[C@@H]1[C@@H]([Si](C)(C)O)[C@H](CCn2cc(CCO)nn2)O[C@@]12C(=O)Nc1ccc(N3CN(c4ccccc4)C4(CCNCC4)C3=O)cc12. The van der Waals surface area contributed by atoms with Crippen molar-refractivity contribution >= 4 is 37.2 Å². The zero-order valence-corrected chi connectivity index (χ0v) is 27.6. The van der Waals surface area contributed by atoms with Crippen molar-refractivity contribution < 1.29 is 24.2 Å². The Morgan fingerprint density at radius 2 is 1.85 bits per heavy atom. The van der Waals surface area contributed by atoms with Crippen LogP contribution in [0.4, 0.5) is 17.1 Å². The molecule has 1 aromatic heterocycles. The molecule has 7 rings (SSSR count). The summed E-state index contributed by atoms with van der Waals surface area (Å²) in [6.07, 6.45) is 3.79. The van der Waals surface area contributed by atoms with Gasteiger partial charge >= 0.3 is 0 Å². The number of anilines is 3. The Balaban J connectivity index is 1.22. The number of para-hydroxylation sites is 1. The Morgan fingerprint density at radius 3 is 2.57 bits per heavy atom. The number of nitrogens with one attached hydrogen (secondary N) is 2. The van der Waals surface area contributed by atoms with Crippen molar-refractivity contribution in [3.05, 3.63) is 66.0 Å². The van der Waals surface area contributed by atoms with Crippen LogP contribution in [0.2, 0.25) is 18.6 Å².